The number of furan rings is 1. The Labute approximate surface area is 154 Å². The van der Waals surface area contributed by atoms with Gasteiger partial charge in [-0.2, -0.15) is 0 Å². The number of carbonyl (C=O) groups is 1. The Morgan fingerprint density at radius 2 is 1.75 bits per heavy atom. The minimum Gasteiger partial charge on any atom is -0.457 e. The molecule has 24 heavy (non-hydrogen) atoms. The van der Waals surface area contributed by atoms with Crippen molar-refractivity contribution in [3.8, 4) is 11.3 Å². The first-order chi connectivity index (χ1) is 11.5. The van der Waals surface area contributed by atoms with E-state index in [0.717, 1.165) is 0 Å². The van der Waals surface area contributed by atoms with Crippen molar-refractivity contribution < 1.29 is 9.21 Å². The SMILES string of the molecule is O=C(/C=C/c1ccc(-c2cccc(Cl)c2Cl)o1)c1cccc(Cl)c1. The molecule has 0 aliphatic rings. The van der Waals surface area contributed by atoms with Crippen LogP contribution in [-0.4, -0.2) is 5.78 Å². The zero-order valence-corrected chi connectivity index (χ0v) is 14.6. The summed E-state index contributed by atoms with van der Waals surface area (Å²) in [6.45, 7) is 0. The number of hydrogen-bond donors (Lipinski definition) is 0. The lowest BCUT2D eigenvalue weighted by Crippen LogP contribution is -1.93. The van der Waals surface area contributed by atoms with Gasteiger partial charge in [-0.15, -0.1) is 0 Å². The normalized spacial score (nSPS) is 11.1. The van der Waals surface area contributed by atoms with Crippen LogP contribution in [0.2, 0.25) is 15.1 Å². The van der Waals surface area contributed by atoms with Crippen molar-refractivity contribution in [3.63, 3.8) is 0 Å². The summed E-state index contributed by atoms with van der Waals surface area (Å²) in [5, 5.41) is 1.41. The van der Waals surface area contributed by atoms with Gasteiger partial charge in [-0.1, -0.05) is 53.0 Å². The summed E-state index contributed by atoms with van der Waals surface area (Å²) in [6.07, 6.45) is 3.04. The monoisotopic (exact) mass is 376 g/mol. The van der Waals surface area contributed by atoms with Gasteiger partial charge in [0, 0.05) is 16.1 Å². The Bertz CT molecular complexity index is 926. The summed E-state index contributed by atoms with van der Waals surface area (Å²) in [4.78, 5) is 12.1. The molecule has 2 aromatic carbocycles. The van der Waals surface area contributed by atoms with E-state index in [2.05, 4.69) is 0 Å². The first-order valence-electron chi connectivity index (χ1n) is 7.07. The molecule has 3 aromatic rings. The fourth-order valence-electron chi connectivity index (χ4n) is 2.18. The van der Waals surface area contributed by atoms with Gasteiger partial charge in [0.2, 0.25) is 0 Å². The molecular weight excluding hydrogens is 367 g/mol. The fraction of sp³-hybridized carbons (Fsp3) is 0. The van der Waals surface area contributed by atoms with Gasteiger partial charge in [0.1, 0.15) is 11.5 Å². The summed E-state index contributed by atoms with van der Waals surface area (Å²) in [5.74, 6) is 0.963. The summed E-state index contributed by atoms with van der Waals surface area (Å²) >= 11 is 18.1. The van der Waals surface area contributed by atoms with Gasteiger partial charge in [-0.25, -0.2) is 0 Å². The van der Waals surface area contributed by atoms with Crippen LogP contribution in [0.4, 0.5) is 0 Å². The molecule has 0 saturated carbocycles. The first-order valence-corrected chi connectivity index (χ1v) is 8.20. The smallest absolute Gasteiger partial charge is 0.186 e. The molecule has 5 heteroatoms. The average molecular weight is 378 g/mol. The van der Waals surface area contributed by atoms with Crippen LogP contribution in [0.25, 0.3) is 17.4 Å². The lowest BCUT2D eigenvalue weighted by molar-refractivity contribution is 0.104. The van der Waals surface area contributed by atoms with Gasteiger partial charge < -0.3 is 4.42 Å². The number of carbonyl (C=O) groups excluding carboxylic acids is 1. The van der Waals surface area contributed by atoms with Gasteiger partial charge in [0.15, 0.2) is 5.78 Å². The Morgan fingerprint density at radius 3 is 2.54 bits per heavy atom. The highest BCUT2D eigenvalue weighted by Gasteiger charge is 2.10. The molecule has 0 aliphatic heterocycles. The van der Waals surface area contributed by atoms with Crippen LogP contribution in [-0.2, 0) is 0 Å². The molecule has 0 fully saturated rings. The van der Waals surface area contributed by atoms with Crippen LogP contribution in [0.5, 0.6) is 0 Å². The summed E-state index contributed by atoms with van der Waals surface area (Å²) in [7, 11) is 0. The molecule has 0 bridgehead atoms. The Balaban J connectivity index is 1.81. The summed E-state index contributed by atoms with van der Waals surface area (Å²) in [5.41, 5.74) is 1.22. The van der Waals surface area contributed by atoms with Crippen LogP contribution in [0.3, 0.4) is 0 Å². The standard InChI is InChI=1S/C19H11Cl3O2/c20-13-4-1-3-12(11-13)17(23)9-7-14-8-10-18(24-14)15-5-2-6-16(21)19(15)22/h1-11H/b9-7+. The van der Waals surface area contributed by atoms with E-state index in [0.29, 0.717) is 37.7 Å². The molecule has 1 aromatic heterocycles. The van der Waals surface area contributed by atoms with E-state index in [-0.39, 0.29) is 5.78 Å². The van der Waals surface area contributed by atoms with E-state index in [9.17, 15) is 4.79 Å². The van der Waals surface area contributed by atoms with Crippen molar-refractivity contribution in [2.75, 3.05) is 0 Å². The maximum absolute atomic E-state index is 12.1. The predicted molar refractivity (Wildman–Crippen MR) is 99.0 cm³/mol. The molecule has 0 radical (unpaired) electrons. The van der Waals surface area contributed by atoms with E-state index in [1.807, 2.05) is 6.07 Å². The van der Waals surface area contributed by atoms with Gasteiger partial charge in [0.25, 0.3) is 0 Å². The molecular formula is C19H11Cl3O2. The highest BCUT2D eigenvalue weighted by molar-refractivity contribution is 6.43. The minimum absolute atomic E-state index is 0.156. The molecule has 2 nitrogen and oxygen atoms in total. The van der Waals surface area contributed by atoms with Crippen molar-refractivity contribution in [1.82, 2.24) is 0 Å². The number of rotatable bonds is 4. The van der Waals surface area contributed by atoms with Gasteiger partial charge in [-0.05, 0) is 48.6 Å². The second kappa shape index (κ2) is 7.27. The maximum atomic E-state index is 12.1. The Hall–Kier alpha value is -2.00. The predicted octanol–water partition coefficient (Wildman–Crippen LogP) is 6.80. The third-order valence-electron chi connectivity index (χ3n) is 3.35. The van der Waals surface area contributed by atoms with Gasteiger partial charge in [-0.3, -0.25) is 4.79 Å². The molecule has 0 aliphatic carbocycles. The van der Waals surface area contributed by atoms with Crippen molar-refractivity contribution in [2.24, 2.45) is 0 Å². The van der Waals surface area contributed by atoms with Crippen molar-refractivity contribution in [2.45, 2.75) is 0 Å². The first kappa shape index (κ1) is 16.8. The van der Waals surface area contributed by atoms with Crippen LogP contribution >= 0.6 is 34.8 Å². The molecule has 0 unspecified atom stereocenters. The minimum atomic E-state index is -0.156. The molecule has 120 valence electrons. The molecule has 1 heterocycles. The zero-order valence-electron chi connectivity index (χ0n) is 12.3. The zero-order chi connectivity index (χ0) is 17.1. The highest BCUT2D eigenvalue weighted by Crippen LogP contribution is 2.34. The number of hydrogen-bond acceptors (Lipinski definition) is 2. The van der Waals surface area contributed by atoms with Crippen LogP contribution < -0.4 is 0 Å². The highest BCUT2D eigenvalue weighted by atomic mass is 35.5. The van der Waals surface area contributed by atoms with Gasteiger partial charge >= 0.3 is 0 Å². The topological polar surface area (TPSA) is 30.2 Å². The van der Waals surface area contributed by atoms with Crippen molar-refractivity contribution in [3.05, 3.63) is 87.1 Å². The third kappa shape index (κ3) is 3.73. The average Bonchev–Trinajstić information content (AvgIpc) is 3.04. The van der Waals surface area contributed by atoms with E-state index in [1.165, 1.54) is 6.08 Å². The maximum Gasteiger partial charge on any atom is 0.186 e. The van der Waals surface area contributed by atoms with Crippen molar-refractivity contribution in [1.29, 1.82) is 0 Å². The van der Waals surface area contributed by atoms with Crippen LogP contribution in [0.1, 0.15) is 16.1 Å². The molecule has 0 saturated heterocycles. The number of halogens is 3. The van der Waals surface area contributed by atoms with Gasteiger partial charge in [0.05, 0.1) is 10.0 Å². The van der Waals surface area contributed by atoms with Crippen molar-refractivity contribution >= 4 is 46.7 Å². The number of benzene rings is 2. The second-order valence-electron chi connectivity index (χ2n) is 5.01. The summed E-state index contributed by atoms with van der Waals surface area (Å²) in [6, 6.07) is 15.6. The lowest BCUT2D eigenvalue weighted by Gasteiger charge is -2.01. The van der Waals surface area contributed by atoms with Crippen LogP contribution in [0.15, 0.2) is 65.1 Å². The van der Waals surface area contributed by atoms with E-state index >= 15 is 0 Å². The molecule has 0 amide bonds. The van der Waals surface area contributed by atoms with E-state index in [4.69, 9.17) is 39.2 Å². The third-order valence-corrected chi connectivity index (χ3v) is 4.41. The fourth-order valence-corrected chi connectivity index (χ4v) is 2.76. The molecule has 0 spiro atoms. The molecule has 3 rings (SSSR count). The quantitative estimate of drug-likeness (QED) is 0.369. The summed E-state index contributed by atoms with van der Waals surface area (Å²) < 4.78 is 5.71. The molecule has 0 atom stereocenters. The largest absolute Gasteiger partial charge is 0.457 e. The lowest BCUT2D eigenvalue weighted by atomic mass is 10.1. The van der Waals surface area contributed by atoms with E-state index in [1.54, 1.807) is 54.6 Å². The van der Waals surface area contributed by atoms with Crippen LogP contribution in [0, 0.1) is 0 Å². The number of allylic oxidation sites excluding steroid dienone is 1. The Kier molecular flexibility index (Phi) is 5.10. The van der Waals surface area contributed by atoms with E-state index < -0.39 is 0 Å². The second-order valence-corrected chi connectivity index (χ2v) is 6.23. The molecule has 0 N–H and O–H groups in total. The Morgan fingerprint density at radius 1 is 0.958 bits per heavy atom. The number of ketones is 1.